The lowest BCUT2D eigenvalue weighted by atomic mass is 9.87. The van der Waals surface area contributed by atoms with Crippen molar-refractivity contribution in [1.82, 2.24) is 5.43 Å². The highest BCUT2D eigenvalue weighted by Gasteiger charge is 2.12. The third-order valence-electron chi connectivity index (χ3n) is 3.24. The Balaban J connectivity index is 1.90. The van der Waals surface area contributed by atoms with E-state index in [1.54, 1.807) is 30.5 Å². The van der Waals surface area contributed by atoms with E-state index in [0.29, 0.717) is 10.7 Å². The summed E-state index contributed by atoms with van der Waals surface area (Å²) in [6.45, 7) is 6.49. The highest BCUT2D eigenvalue weighted by molar-refractivity contribution is 6.30. The Kier molecular flexibility index (Phi) is 5.40. The molecule has 0 aliphatic heterocycles. The van der Waals surface area contributed by atoms with E-state index < -0.39 is 6.03 Å². The van der Waals surface area contributed by atoms with E-state index in [0.717, 1.165) is 5.56 Å². The lowest BCUT2D eigenvalue weighted by Gasteiger charge is -2.18. The second kappa shape index (κ2) is 7.29. The summed E-state index contributed by atoms with van der Waals surface area (Å²) in [6.07, 6.45) is 1.60. The summed E-state index contributed by atoms with van der Waals surface area (Å²) < 4.78 is 0. The molecule has 0 heterocycles. The molecule has 0 aliphatic carbocycles. The van der Waals surface area contributed by atoms with Crippen LogP contribution in [0.2, 0.25) is 5.02 Å². The lowest BCUT2D eigenvalue weighted by Crippen LogP contribution is -2.24. The molecule has 0 saturated carbocycles. The van der Waals surface area contributed by atoms with Crippen molar-refractivity contribution >= 4 is 29.5 Å². The summed E-state index contributed by atoms with van der Waals surface area (Å²) in [7, 11) is 0. The van der Waals surface area contributed by atoms with Crippen LogP contribution in [0.5, 0.6) is 0 Å². The molecule has 5 heteroatoms. The lowest BCUT2D eigenvalue weighted by molar-refractivity contribution is 0.252. The Labute approximate surface area is 141 Å². The molecule has 0 radical (unpaired) electrons. The zero-order chi connectivity index (χ0) is 16.9. The molecule has 2 N–H and O–H groups in total. The van der Waals surface area contributed by atoms with Crippen LogP contribution in [0.25, 0.3) is 0 Å². The van der Waals surface area contributed by atoms with Crippen LogP contribution in [-0.4, -0.2) is 12.2 Å². The summed E-state index contributed by atoms with van der Waals surface area (Å²) in [5, 5.41) is 7.14. The van der Waals surface area contributed by atoms with Crippen molar-refractivity contribution in [2.45, 2.75) is 26.2 Å². The number of carbonyl (C=O) groups excluding carboxylic acids is 1. The fourth-order valence-electron chi connectivity index (χ4n) is 1.96. The van der Waals surface area contributed by atoms with Crippen LogP contribution in [0.1, 0.15) is 31.9 Å². The largest absolute Gasteiger partial charge is 0.339 e. The molecule has 2 aromatic carbocycles. The van der Waals surface area contributed by atoms with Gasteiger partial charge >= 0.3 is 6.03 Å². The zero-order valence-electron chi connectivity index (χ0n) is 13.4. The molecule has 0 bridgehead atoms. The molecule has 4 nitrogen and oxygen atoms in total. The van der Waals surface area contributed by atoms with Gasteiger partial charge in [-0.15, -0.1) is 0 Å². The first kappa shape index (κ1) is 17.0. The fourth-order valence-corrected chi connectivity index (χ4v) is 2.15. The third-order valence-corrected chi connectivity index (χ3v) is 3.47. The molecule has 0 aromatic heterocycles. The molecule has 2 rings (SSSR count). The Hall–Kier alpha value is -2.33. The number of nitrogens with zero attached hydrogens (tertiary/aromatic N) is 1. The van der Waals surface area contributed by atoms with Crippen LogP contribution >= 0.6 is 11.6 Å². The molecule has 0 spiro atoms. The van der Waals surface area contributed by atoms with Crippen LogP contribution in [-0.2, 0) is 5.41 Å². The van der Waals surface area contributed by atoms with Gasteiger partial charge in [-0.3, -0.25) is 0 Å². The molecule has 0 saturated heterocycles. The Morgan fingerprint density at radius 1 is 1.13 bits per heavy atom. The number of hydrogen-bond acceptors (Lipinski definition) is 2. The molecule has 2 aromatic rings. The van der Waals surface area contributed by atoms with Crippen LogP contribution in [0.3, 0.4) is 0 Å². The van der Waals surface area contributed by atoms with E-state index in [-0.39, 0.29) is 5.41 Å². The maximum Gasteiger partial charge on any atom is 0.339 e. The van der Waals surface area contributed by atoms with Gasteiger partial charge in [0.25, 0.3) is 0 Å². The van der Waals surface area contributed by atoms with Gasteiger partial charge in [0, 0.05) is 10.7 Å². The first-order valence-corrected chi connectivity index (χ1v) is 7.68. The first-order chi connectivity index (χ1) is 10.8. The highest BCUT2D eigenvalue weighted by Crippen LogP contribution is 2.21. The molecule has 120 valence electrons. The van der Waals surface area contributed by atoms with Crippen LogP contribution < -0.4 is 10.7 Å². The number of halogens is 1. The molecule has 23 heavy (non-hydrogen) atoms. The predicted octanol–water partition coefficient (Wildman–Crippen LogP) is 4.79. The number of benzene rings is 2. The van der Waals surface area contributed by atoms with Crippen molar-refractivity contribution < 1.29 is 4.79 Å². The molecule has 0 aliphatic rings. The summed E-state index contributed by atoms with van der Waals surface area (Å²) in [5.74, 6) is 0. The van der Waals surface area contributed by atoms with E-state index in [1.807, 2.05) is 12.1 Å². The van der Waals surface area contributed by atoms with Crippen molar-refractivity contribution in [2.24, 2.45) is 5.10 Å². The van der Waals surface area contributed by atoms with Gasteiger partial charge in [0.1, 0.15) is 0 Å². The van der Waals surface area contributed by atoms with Crippen molar-refractivity contribution in [2.75, 3.05) is 5.32 Å². The summed E-state index contributed by atoms with van der Waals surface area (Å²) in [6, 6.07) is 14.6. The minimum absolute atomic E-state index is 0.116. The minimum Gasteiger partial charge on any atom is -0.306 e. The number of hydrazone groups is 1. The molecule has 2 amide bonds. The average Bonchev–Trinajstić information content (AvgIpc) is 2.47. The monoisotopic (exact) mass is 329 g/mol. The summed E-state index contributed by atoms with van der Waals surface area (Å²) in [4.78, 5) is 11.7. The molecule has 0 atom stereocenters. The maximum atomic E-state index is 11.7. The van der Waals surface area contributed by atoms with Gasteiger partial charge in [-0.25, -0.2) is 10.2 Å². The normalized spacial score (nSPS) is 11.5. The molecule has 0 unspecified atom stereocenters. The van der Waals surface area contributed by atoms with Gasteiger partial charge in [-0.2, -0.15) is 5.10 Å². The topological polar surface area (TPSA) is 53.5 Å². The number of hydrogen-bond donors (Lipinski definition) is 2. The number of anilines is 1. The highest BCUT2D eigenvalue weighted by atomic mass is 35.5. The minimum atomic E-state index is -0.421. The second-order valence-electron chi connectivity index (χ2n) is 6.21. The van der Waals surface area contributed by atoms with Gasteiger partial charge in [-0.1, -0.05) is 62.7 Å². The number of rotatable bonds is 3. The number of carbonyl (C=O) groups is 1. The Morgan fingerprint density at radius 2 is 1.83 bits per heavy atom. The Bertz CT molecular complexity index is 703. The molecule has 0 fully saturated rings. The van der Waals surface area contributed by atoms with Gasteiger partial charge in [-0.05, 0) is 34.7 Å². The van der Waals surface area contributed by atoms with Gasteiger partial charge in [0.2, 0.25) is 0 Å². The molecular formula is C18H20ClN3O. The summed E-state index contributed by atoms with van der Waals surface area (Å²) >= 11 is 5.86. The molecular weight excluding hydrogens is 310 g/mol. The van der Waals surface area contributed by atoms with Crippen LogP contribution in [0.15, 0.2) is 53.6 Å². The van der Waals surface area contributed by atoms with Crippen molar-refractivity contribution in [3.05, 3.63) is 64.7 Å². The quantitative estimate of drug-likeness (QED) is 0.617. The van der Waals surface area contributed by atoms with E-state index in [4.69, 9.17) is 11.6 Å². The third kappa shape index (κ3) is 5.42. The second-order valence-corrected chi connectivity index (χ2v) is 6.64. The van der Waals surface area contributed by atoms with Gasteiger partial charge in [0.15, 0.2) is 0 Å². The SMILES string of the molecule is CC(C)(C)c1ccc(/C=N/NC(=O)Nc2cccc(Cl)c2)cc1. The number of nitrogens with one attached hydrogen (secondary N) is 2. The van der Waals surface area contributed by atoms with E-state index in [1.165, 1.54) is 5.56 Å². The summed E-state index contributed by atoms with van der Waals surface area (Å²) in [5.41, 5.74) is 5.32. The Morgan fingerprint density at radius 3 is 2.43 bits per heavy atom. The van der Waals surface area contributed by atoms with Gasteiger partial charge < -0.3 is 5.32 Å². The fraction of sp³-hybridized carbons (Fsp3) is 0.222. The van der Waals surface area contributed by atoms with E-state index in [9.17, 15) is 4.79 Å². The number of amides is 2. The van der Waals surface area contributed by atoms with E-state index in [2.05, 4.69) is 48.7 Å². The number of urea groups is 1. The van der Waals surface area contributed by atoms with Crippen molar-refractivity contribution in [3.8, 4) is 0 Å². The maximum absolute atomic E-state index is 11.7. The average molecular weight is 330 g/mol. The standard InChI is InChI=1S/C18H20ClN3O/c1-18(2,3)14-9-7-13(8-10-14)12-20-22-17(23)21-16-6-4-5-15(19)11-16/h4-12H,1-3H3,(H2,21,22,23)/b20-12+. The van der Waals surface area contributed by atoms with Crippen LogP contribution in [0, 0.1) is 0 Å². The smallest absolute Gasteiger partial charge is 0.306 e. The first-order valence-electron chi connectivity index (χ1n) is 7.31. The van der Waals surface area contributed by atoms with Crippen molar-refractivity contribution in [3.63, 3.8) is 0 Å². The van der Waals surface area contributed by atoms with Crippen molar-refractivity contribution in [1.29, 1.82) is 0 Å². The van der Waals surface area contributed by atoms with Gasteiger partial charge in [0.05, 0.1) is 6.21 Å². The van der Waals surface area contributed by atoms with E-state index >= 15 is 0 Å². The van der Waals surface area contributed by atoms with Crippen LogP contribution in [0.4, 0.5) is 10.5 Å². The predicted molar refractivity (Wildman–Crippen MR) is 96.3 cm³/mol. The zero-order valence-corrected chi connectivity index (χ0v) is 14.2.